The van der Waals surface area contributed by atoms with E-state index in [2.05, 4.69) is 26.0 Å². The first-order valence-electron chi connectivity index (χ1n) is 6.72. The van der Waals surface area contributed by atoms with Crippen molar-refractivity contribution in [3.63, 3.8) is 0 Å². The molecule has 0 aromatic heterocycles. The van der Waals surface area contributed by atoms with Crippen LogP contribution in [0.25, 0.3) is 0 Å². The SMILES string of the molecule is Cc1cccc(C)c1COc1ccc(F)cc1[C@H](C)N. The van der Waals surface area contributed by atoms with Crippen molar-refractivity contribution in [2.24, 2.45) is 5.73 Å². The van der Waals surface area contributed by atoms with Crippen molar-refractivity contribution in [1.29, 1.82) is 0 Å². The Hall–Kier alpha value is -1.87. The third kappa shape index (κ3) is 3.17. The monoisotopic (exact) mass is 273 g/mol. The predicted molar refractivity (Wildman–Crippen MR) is 79.3 cm³/mol. The van der Waals surface area contributed by atoms with Gasteiger partial charge >= 0.3 is 0 Å². The average Bonchev–Trinajstić information content (AvgIpc) is 2.39. The zero-order chi connectivity index (χ0) is 14.7. The smallest absolute Gasteiger partial charge is 0.124 e. The number of aryl methyl sites for hydroxylation is 2. The van der Waals surface area contributed by atoms with E-state index in [1.165, 1.54) is 23.3 Å². The van der Waals surface area contributed by atoms with Gasteiger partial charge in [0.05, 0.1) is 0 Å². The van der Waals surface area contributed by atoms with Gasteiger partial charge in [0, 0.05) is 11.6 Å². The lowest BCUT2D eigenvalue weighted by molar-refractivity contribution is 0.299. The molecule has 0 aliphatic carbocycles. The maximum absolute atomic E-state index is 13.3. The summed E-state index contributed by atoms with van der Waals surface area (Å²) in [5, 5.41) is 0. The lowest BCUT2D eigenvalue weighted by atomic mass is 10.0. The Morgan fingerprint density at radius 3 is 2.40 bits per heavy atom. The summed E-state index contributed by atoms with van der Waals surface area (Å²) in [5.74, 6) is 0.348. The van der Waals surface area contributed by atoms with Crippen molar-refractivity contribution in [1.82, 2.24) is 0 Å². The van der Waals surface area contributed by atoms with Gasteiger partial charge in [-0.2, -0.15) is 0 Å². The maximum atomic E-state index is 13.3. The van der Waals surface area contributed by atoms with Crippen LogP contribution in [0.4, 0.5) is 4.39 Å². The van der Waals surface area contributed by atoms with Gasteiger partial charge in [0.15, 0.2) is 0 Å². The van der Waals surface area contributed by atoms with Crippen molar-refractivity contribution in [3.05, 3.63) is 64.5 Å². The first-order valence-corrected chi connectivity index (χ1v) is 6.72. The zero-order valence-corrected chi connectivity index (χ0v) is 12.1. The highest BCUT2D eigenvalue weighted by atomic mass is 19.1. The largest absolute Gasteiger partial charge is 0.489 e. The molecule has 0 aliphatic rings. The van der Waals surface area contributed by atoms with Crippen LogP contribution >= 0.6 is 0 Å². The normalized spacial score (nSPS) is 12.2. The van der Waals surface area contributed by atoms with Crippen molar-refractivity contribution in [3.8, 4) is 5.75 Å². The first kappa shape index (κ1) is 14.5. The summed E-state index contributed by atoms with van der Waals surface area (Å²) in [6, 6.07) is 10.3. The number of hydrogen-bond donors (Lipinski definition) is 1. The van der Waals surface area contributed by atoms with Crippen LogP contribution in [-0.4, -0.2) is 0 Å². The molecule has 0 unspecified atom stereocenters. The molecule has 0 heterocycles. The fraction of sp³-hybridized carbons (Fsp3) is 0.294. The highest BCUT2D eigenvalue weighted by molar-refractivity contribution is 5.38. The number of ether oxygens (including phenoxy) is 1. The Balaban J connectivity index is 2.23. The Bertz CT molecular complexity index is 588. The Morgan fingerprint density at radius 1 is 1.15 bits per heavy atom. The van der Waals surface area contributed by atoms with Gasteiger partial charge in [-0.3, -0.25) is 0 Å². The van der Waals surface area contributed by atoms with Crippen molar-refractivity contribution in [2.45, 2.75) is 33.4 Å². The van der Waals surface area contributed by atoms with Gasteiger partial charge in [-0.05, 0) is 55.7 Å². The molecule has 1 atom stereocenters. The van der Waals surface area contributed by atoms with Gasteiger partial charge in [-0.1, -0.05) is 18.2 Å². The molecular weight excluding hydrogens is 253 g/mol. The molecule has 0 aliphatic heterocycles. The second kappa shape index (κ2) is 6.06. The first-order chi connectivity index (χ1) is 9.49. The number of hydrogen-bond acceptors (Lipinski definition) is 2. The van der Waals surface area contributed by atoms with E-state index in [-0.39, 0.29) is 11.9 Å². The summed E-state index contributed by atoms with van der Waals surface area (Å²) in [6.07, 6.45) is 0. The number of benzene rings is 2. The van der Waals surface area contributed by atoms with Gasteiger partial charge in [-0.15, -0.1) is 0 Å². The van der Waals surface area contributed by atoms with E-state index in [0.29, 0.717) is 17.9 Å². The van der Waals surface area contributed by atoms with E-state index in [9.17, 15) is 4.39 Å². The lowest BCUT2D eigenvalue weighted by Crippen LogP contribution is -2.09. The molecule has 2 aromatic carbocycles. The van der Waals surface area contributed by atoms with E-state index < -0.39 is 0 Å². The molecule has 0 fully saturated rings. The molecule has 0 radical (unpaired) electrons. The minimum Gasteiger partial charge on any atom is -0.489 e. The fourth-order valence-corrected chi connectivity index (χ4v) is 2.23. The fourth-order valence-electron chi connectivity index (χ4n) is 2.23. The zero-order valence-electron chi connectivity index (χ0n) is 12.1. The van der Waals surface area contributed by atoms with Gasteiger partial charge in [-0.25, -0.2) is 4.39 Å². The number of halogens is 1. The topological polar surface area (TPSA) is 35.2 Å². The quantitative estimate of drug-likeness (QED) is 0.912. The lowest BCUT2D eigenvalue weighted by Gasteiger charge is -2.16. The molecule has 0 saturated heterocycles. The summed E-state index contributed by atoms with van der Waals surface area (Å²) < 4.78 is 19.1. The van der Waals surface area contributed by atoms with Crippen molar-refractivity contribution in [2.75, 3.05) is 0 Å². The van der Waals surface area contributed by atoms with E-state index in [1.54, 1.807) is 6.07 Å². The maximum Gasteiger partial charge on any atom is 0.124 e. The molecule has 20 heavy (non-hydrogen) atoms. The van der Waals surface area contributed by atoms with E-state index in [1.807, 2.05) is 13.0 Å². The summed E-state index contributed by atoms with van der Waals surface area (Å²) in [4.78, 5) is 0. The van der Waals surface area contributed by atoms with Crippen molar-refractivity contribution < 1.29 is 9.13 Å². The van der Waals surface area contributed by atoms with Crippen LogP contribution < -0.4 is 10.5 Å². The van der Waals surface area contributed by atoms with Gasteiger partial charge in [0.1, 0.15) is 18.2 Å². The van der Waals surface area contributed by atoms with Gasteiger partial charge in [0.2, 0.25) is 0 Å². The molecule has 2 nitrogen and oxygen atoms in total. The number of rotatable bonds is 4. The molecule has 0 amide bonds. The van der Waals surface area contributed by atoms with Crippen LogP contribution in [0.2, 0.25) is 0 Å². The average molecular weight is 273 g/mol. The molecule has 2 aromatic rings. The Labute approximate surface area is 119 Å². The van der Waals surface area contributed by atoms with Crippen LogP contribution in [0, 0.1) is 19.7 Å². The van der Waals surface area contributed by atoms with Gasteiger partial charge in [0.25, 0.3) is 0 Å². The molecule has 0 spiro atoms. The van der Waals surface area contributed by atoms with E-state index in [4.69, 9.17) is 10.5 Å². The third-order valence-electron chi connectivity index (χ3n) is 3.48. The van der Waals surface area contributed by atoms with Crippen molar-refractivity contribution >= 4 is 0 Å². The van der Waals surface area contributed by atoms with E-state index in [0.717, 1.165) is 5.56 Å². The number of nitrogens with two attached hydrogens (primary N) is 1. The van der Waals surface area contributed by atoms with Crippen LogP contribution in [0.5, 0.6) is 5.75 Å². The second-order valence-corrected chi connectivity index (χ2v) is 5.13. The standard InChI is InChI=1S/C17H20FNO/c1-11-5-4-6-12(2)16(11)10-20-17-8-7-14(18)9-15(17)13(3)19/h4-9,13H,10,19H2,1-3H3/t13-/m0/s1. The molecule has 3 heteroatoms. The molecule has 0 bridgehead atoms. The van der Waals surface area contributed by atoms with Crippen LogP contribution in [-0.2, 0) is 6.61 Å². The minimum atomic E-state index is -0.295. The third-order valence-corrected chi connectivity index (χ3v) is 3.48. The summed E-state index contributed by atoms with van der Waals surface area (Å²) in [6.45, 7) is 6.40. The summed E-state index contributed by atoms with van der Waals surface area (Å²) >= 11 is 0. The highest BCUT2D eigenvalue weighted by Crippen LogP contribution is 2.26. The molecule has 0 saturated carbocycles. The minimum absolute atomic E-state index is 0.265. The molecular formula is C17H20FNO. The molecule has 106 valence electrons. The van der Waals surface area contributed by atoms with Crippen LogP contribution in [0.1, 0.15) is 35.2 Å². The van der Waals surface area contributed by atoms with E-state index >= 15 is 0 Å². The molecule has 2 rings (SSSR count). The molecule has 2 N–H and O–H groups in total. The van der Waals surface area contributed by atoms with Crippen LogP contribution in [0.3, 0.4) is 0 Å². The second-order valence-electron chi connectivity index (χ2n) is 5.13. The highest BCUT2D eigenvalue weighted by Gasteiger charge is 2.11. The van der Waals surface area contributed by atoms with Crippen LogP contribution in [0.15, 0.2) is 36.4 Å². The summed E-state index contributed by atoms with van der Waals surface area (Å²) in [5.41, 5.74) is 10.1. The Morgan fingerprint density at radius 2 is 1.80 bits per heavy atom. The summed E-state index contributed by atoms with van der Waals surface area (Å²) in [7, 11) is 0. The van der Waals surface area contributed by atoms with Gasteiger partial charge < -0.3 is 10.5 Å². The predicted octanol–water partition coefficient (Wildman–Crippen LogP) is 4.04. The Kier molecular flexibility index (Phi) is 4.40.